The van der Waals surface area contributed by atoms with Crippen LogP contribution in [0, 0.1) is 5.92 Å². The highest BCUT2D eigenvalue weighted by Gasteiger charge is 2.36. The van der Waals surface area contributed by atoms with Gasteiger partial charge >= 0.3 is 0 Å². The molecule has 0 fully saturated rings. The molecular formula is C15H20N2O. The van der Waals surface area contributed by atoms with E-state index in [9.17, 15) is 0 Å². The van der Waals surface area contributed by atoms with Crippen LogP contribution in [-0.2, 0) is 4.74 Å². The Bertz CT molecular complexity index is 483. The van der Waals surface area contributed by atoms with Crippen LogP contribution in [0.15, 0.2) is 47.1 Å². The monoisotopic (exact) mass is 244 g/mol. The van der Waals surface area contributed by atoms with Gasteiger partial charge in [0, 0.05) is 35.7 Å². The maximum absolute atomic E-state index is 5.99. The summed E-state index contributed by atoms with van der Waals surface area (Å²) in [4.78, 5) is 0. The zero-order chi connectivity index (χ0) is 12.7. The second-order valence-corrected chi connectivity index (χ2v) is 5.44. The van der Waals surface area contributed by atoms with Crippen LogP contribution in [-0.4, -0.2) is 12.1 Å². The van der Waals surface area contributed by atoms with Gasteiger partial charge in [-0.25, -0.2) is 0 Å². The first-order valence-corrected chi connectivity index (χ1v) is 6.66. The van der Waals surface area contributed by atoms with Crippen molar-refractivity contribution in [2.45, 2.75) is 38.8 Å². The second-order valence-electron chi connectivity index (χ2n) is 5.44. The van der Waals surface area contributed by atoms with Gasteiger partial charge in [0.1, 0.15) is 5.76 Å². The van der Waals surface area contributed by atoms with Gasteiger partial charge in [-0.3, -0.25) is 0 Å². The third-order valence-electron chi connectivity index (χ3n) is 3.91. The lowest BCUT2D eigenvalue weighted by Crippen LogP contribution is -2.30. The smallest absolute Gasteiger partial charge is 0.130 e. The van der Waals surface area contributed by atoms with Crippen molar-refractivity contribution in [3.8, 4) is 0 Å². The number of rotatable bonds is 2. The van der Waals surface area contributed by atoms with Gasteiger partial charge in [-0.1, -0.05) is 0 Å². The van der Waals surface area contributed by atoms with Crippen molar-refractivity contribution in [2.24, 2.45) is 11.7 Å². The molecular weight excluding hydrogens is 224 g/mol. The van der Waals surface area contributed by atoms with E-state index < -0.39 is 0 Å². The summed E-state index contributed by atoms with van der Waals surface area (Å²) in [5, 5.41) is 3.60. The largest absolute Gasteiger partial charge is 0.465 e. The van der Waals surface area contributed by atoms with Gasteiger partial charge in [-0.15, -0.1) is 0 Å². The molecule has 0 aromatic carbocycles. The molecule has 3 unspecified atom stereocenters. The molecule has 0 saturated carbocycles. The summed E-state index contributed by atoms with van der Waals surface area (Å²) in [7, 11) is 0. The predicted molar refractivity (Wildman–Crippen MR) is 72.4 cm³/mol. The highest BCUT2D eigenvalue weighted by atomic mass is 16.5. The lowest BCUT2D eigenvalue weighted by atomic mass is 9.82. The van der Waals surface area contributed by atoms with Gasteiger partial charge in [0.05, 0.1) is 6.26 Å². The molecule has 3 rings (SSSR count). The lowest BCUT2D eigenvalue weighted by Gasteiger charge is -2.25. The lowest BCUT2D eigenvalue weighted by molar-refractivity contribution is 0.351. The SMILES string of the molecule is CC(N)CC1C2=C(CC=C3OC=CC=C32)NC1C. The molecule has 3 atom stereocenters. The summed E-state index contributed by atoms with van der Waals surface area (Å²) in [5.41, 5.74) is 10.00. The van der Waals surface area contributed by atoms with Crippen LogP contribution in [0.4, 0.5) is 0 Å². The summed E-state index contributed by atoms with van der Waals surface area (Å²) < 4.78 is 5.60. The summed E-state index contributed by atoms with van der Waals surface area (Å²) in [5.74, 6) is 1.49. The van der Waals surface area contributed by atoms with E-state index in [0.29, 0.717) is 12.0 Å². The quantitative estimate of drug-likeness (QED) is 0.784. The van der Waals surface area contributed by atoms with E-state index in [1.807, 2.05) is 6.08 Å². The minimum Gasteiger partial charge on any atom is -0.465 e. The van der Waals surface area contributed by atoms with Crippen LogP contribution in [0.3, 0.4) is 0 Å². The zero-order valence-electron chi connectivity index (χ0n) is 10.9. The van der Waals surface area contributed by atoms with Crippen LogP contribution >= 0.6 is 0 Å². The van der Waals surface area contributed by atoms with Gasteiger partial charge in [-0.2, -0.15) is 0 Å². The van der Waals surface area contributed by atoms with Gasteiger partial charge in [-0.05, 0) is 44.1 Å². The molecule has 96 valence electrons. The summed E-state index contributed by atoms with van der Waals surface area (Å²) in [6.45, 7) is 4.32. The van der Waals surface area contributed by atoms with Crippen LogP contribution in [0.5, 0.6) is 0 Å². The van der Waals surface area contributed by atoms with Crippen molar-refractivity contribution in [1.29, 1.82) is 0 Å². The zero-order valence-corrected chi connectivity index (χ0v) is 10.9. The van der Waals surface area contributed by atoms with Crippen molar-refractivity contribution < 1.29 is 4.74 Å². The third kappa shape index (κ3) is 1.79. The van der Waals surface area contributed by atoms with Crippen LogP contribution < -0.4 is 11.1 Å². The Morgan fingerprint density at radius 1 is 1.56 bits per heavy atom. The Morgan fingerprint density at radius 3 is 3.17 bits per heavy atom. The topological polar surface area (TPSA) is 47.3 Å². The molecule has 3 nitrogen and oxygen atoms in total. The van der Waals surface area contributed by atoms with E-state index in [1.165, 1.54) is 16.8 Å². The van der Waals surface area contributed by atoms with Gasteiger partial charge in [0.15, 0.2) is 0 Å². The Kier molecular flexibility index (Phi) is 2.78. The Labute approximate surface area is 108 Å². The third-order valence-corrected chi connectivity index (χ3v) is 3.91. The van der Waals surface area contributed by atoms with E-state index in [4.69, 9.17) is 10.5 Å². The van der Waals surface area contributed by atoms with Gasteiger partial charge < -0.3 is 15.8 Å². The molecule has 3 aliphatic rings. The summed E-state index contributed by atoms with van der Waals surface area (Å²) >= 11 is 0. The highest BCUT2D eigenvalue weighted by molar-refractivity contribution is 5.56. The first-order chi connectivity index (χ1) is 8.66. The fourth-order valence-electron chi connectivity index (χ4n) is 3.15. The maximum atomic E-state index is 5.99. The van der Waals surface area contributed by atoms with Crippen LogP contribution in [0.2, 0.25) is 0 Å². The number of ether oxygens (including phenoxy) is 1. The fraction of sp³-hybridized carbons (Fsp3) is 0.467. The molecule has 2 heterocycles. The number of hydrogen-bond donors (Lipinski definition) is 2. The Balaban J connectivity index is 1.97. The second kappa shape index (κ2) is 4.32. The molecule has 0 aromatic rings. The molecule has 0 radical (unpaired) electrons. The maximum Gasteiger partial charge on any atom is 0.130 e. The van der Waals surface area contributed by atoms with Crippen molar-refractivity contribution in [3.05, 3.63) is 47.1 Å². The van der Waals surface area contributed by atoms with E-state index in [2.05, 4.69) is 31.3 Å². The summed E-state index contributed by atoms with van der Waals surface area (Å²) in [6, 6.07) is 0.682. The number of fused-ring (bicyclic) bond motifs is 2. The molecule has 0 spiro atoms. The molecule has 18 heavy (non-hydrogen) atoms. The first-order valence-electron chi connectivity index (χ1n) is 6.66. The van der Waals surface area contributed by atoms with E-state index in [1.54, 1.807) is 6.26 Å². The predicted octanol–water partition coefficient (Wildman–Crippen LogP) is 2.34. The molecule has 1 aliphatic carbocycles. The van der Waals surface area contributed by atoms with E-state index in [-0.39, 0.29) is 6.04 Å². The Morgan fingerprint density at radius 2 is 2.39 bits per heavy atom. The van der Waals surface area contributed by atoms with Crippen molar-refractivity contribution in [3.63, 3.8) is 0 Å². The fourth-order valence-corrected chi connectivity index (χ4v) is 3.15. The van der Waals surface area contributed by atoms with Crippen molar-refractivity contribution in [2.75, 3.05) is 0 Å². The number of allylic oxidation sites excluding steroid dienone is 4. The number of hydrogen-bond acceptors (Lipinski definition) is 3. The molecule has 3 heteroatoms. The van der Waals surface area contributed by atoms with Crippen LogP contribution in [0.25, 0.3) is 0 Å². The molecule has 3 N–H and O–H groups in total. The van der Waals surface area contributed by atoms with E-state index in [0.717, 1.165) is 18.6 Å². The molecule has 0 aromatic heterocycles. The average molecular weight is 244 g/mol. The molecule has 0 bridgehead atoms. The van der Waals surface area contributed by atoms with Gasteiger partial charge in [0.2, 0.25) is 0 Å². The first kappa shape index (κ1) is 11.6. The molecule has 2 aliphatic heterocycles. The minimum atomic E-state index is 0.223. The van der Waals surface area contributed by atoms with Crippen molar-refractivity contribution >= 4 is 0 Å². The molecule has 0 amide bonds. The number of nitrogens with one attached hydrogen (secondary N) is 1. The average Bonchev–Trinajstić information content (AvgIpc) is 2.66. The van der Waals surface area contributed by atoms with Crippen molar-refractivity contribution in [1.82, 2.24) is 5.32 Å². The summed E-state index contributed by atoms with van der Waals surface area (Å²) in [6.07, 6.45) is 9.97. The molecule has 0 saturated heterocycles. The van der Waals surface area contributed by atoms with E-state index >= 15 is 0 Å². The van der Waals surface area contributed by atoms with Crippen LogP contribution in [0.1, 0.15) is 26.7 Å². The Hall–Kier alpha value is -1.48. The van der Waals surface area contributed by atoms with Gasteiger partial charge in [0.25, 0.3) is 0 Å². The normalized spacial score (nSPS) is 30.8. The minimum absolute atomic E-state index is 0.223. The standard InChI is InChI=1S/C15H20N2O/c1-9(16)8-12-10(2)17-13-5-6-14-11(15(12)13)4-3-7-18-14/h3-4,6-7,9-10,12,17H,5,8,16H2,1-2H3. The number of nitrogens with two attached hydrogens (primary N) is 1. The highest BCUT2D eigenvalue weighted by Crippen LogP contribution is 2.42.